The van der Waals surface area contributed by atoms with E-state index >= 15 is 0 Å². The molecule has 1 amide bonds. The molecule has 0 aliphatic carbocycles. The third-order valence-corrected chi connectivity index (χ3v) is 4.75. The first-order valence-electron chi connectivity index (χ1n) is 9.54. The van der Waals surface area contributed by atoms with Gasteiger partial charge < -0.3 is 14.8 Å². The van der Waals surface area contributed by atoms with Crippen molar-refractivity contribution >= 4 is 11.6 Å². The predicted octanol–water partition coefficient (Wildman–Crippen LogP) is 4.95. The van der Waals surface area contributed by atoms with Gasteiger partial charge in [-0.3, -0.25) is 4.79 Å². The van der Waals surface area contributed by atoms with Crippen molar-refractivity contribution in [2.45, 2.75) is 0 Å². The van der Waals surface area contributed by atoms with E-state index in [-0.39, 0.29) is 11.4 Å². The zero-order chi connectivity index (χ0) is 21.8. The third-order valence-electron chi connectivity index (χ3n) is 4.75. The summed E-state index contributed by atoms with van der Waals surface area (Å²) < 4.78 is 26.1. The van der Waals surface area contributed by atoms with Gasteiger partial charge in [0.1, 0.15) is 23.0 Å². The van der Waals surface area contributed by atoms with Gasteiger partial charge in [0.05, 0.1) is 31.3 Å². The van der Waals surface area contributed by atoms with Crippen LogP contribution in [0, 0.1) is 5.82 Å². The van der Waals surface area contributed by atoms with Crippen LogP contribution in [0.5, 0.6) is 11.5 Å². The van der Waals surface area contributed by atoms with Crippen molar-refractivity contribution in [3.8, 4) is 28.4 Å². The van der Waals surface area contributed by atoms with Crippen molar-refractivity contribution in [3.63, 3.8) is 0 Å². The topological polar surface area (TPSA) is 65.4 Å². The lowest BCUT2D eigenvalue weighted by atomic mass is 10.1. The van der Waals surface area contributed by atoms with Gasteiger partial charge in [-0.15, -0.1) is 0 Å². The molecule has 4 aromatic rings. The highest BCUT2D eigenvalue weighted by atomic mass is 19.1. The van der Waals surface area contributed by atoms with Gasteiger partial charge >= 0.3 is 0 Å². The van der Waals surface area contributed by atoms with E-state index in [9.17, 15) is 9.18 Å². The number of ether oxygens (including phenoxy) is 2. The molecule has 0 atom stereocenters. The quantitative estimate of drug-likeness (QED) is 0.482. The number of aromatic nitrogens is 2. The van der Waals surface area contributed by atoms with E-state index in [0.717, 1.165) is 5.56 Å². The van der Waals surface area contributed by atoms with Gasteiger partial charge in [-0.1, -0.05) is 24.3 Å². The fraction of sp³-hybridized carbons (Fsp3) is 0.0833. The summed E-state index contributed by atoms with van der Waals surface area (Å²) in [7, 11) is 3.17. The lowest BCUT2D eigenvalue weighted by Gasteiger charge is -2.09. The van der Waals surface area contributed by atoms with Crippen LogP contribution in [-0.4, -0.2) is 29.9 Å². The minimum atomic E-state index is -0.514. The Morgan fingerprint density at radius 2 is 1.65 bits per heavy atom. The van der Waals surface area contributed by atoms with Crippen molar-refractivity contribution in [1.82, 2.24) is 9.78 Å². The predicted molar refractivity (Wildman–Crippen MR) is 116 cm³/mol. The number of benzene rings is 3. The zero-order valence-corrected chi connectivity index (χ0v) is 17.0. The Labute approximate surface area is 178 Å². The molecule has 1 heterocycles. The van der Waals surface area contributed by atoms with E-state index < -0.39 is 11.7 Å². The highest BCUT2D eigenvalue weighted by molar-refractivity contribution is 6.04. The largest absolute Gasteiger partial charge is 0.497 e. The molecular formula is C24H20FN3O3. The number of nitrogens with one attached hydrogen (secondary N) is 1. The van der Waals surface area contributed by atoms with Crippen LogP contribution in [0.15, 0.2) is 78.9 Å². The molecule has 0 saturated carbocycles. The van der Waals surface area contributed by atoms with Crippen LogP contribution in [0.3, 0.4) is 0 Å². The minimum absolute atomic E-state index is 0.0953. The maximum atomic E-state index is 14.1. The molecule has 156 valence electrons. The molecule has 0 fully saturated rings. The Morgan fingerprint density at radius 1 is 0.903 bits per heavy atom. The average Bonchev–Trinajstić information content (AvgIpc) is 3.26. The van der Waals surface area contributed by atoms with Gasteiger partial charge in [-0.25, -0.2) is 9.07 Å². The van der Waals surface area contributed by atoms with Crippen LogP contribution in [0.4, 0.5) is 10.1 Å². The number of carbonyl (C=O) groups is 1. The molecule has 31 heavy (non-hydrogen) atoms. The third kappa shape index (κ3) is 4.25. The summed E-state index contributed by atoms with van der Waals surface area (Å²) in [4.78, 5) is 13.1. The summed E-state index contributed by atoms with van der Waals surface area (Å²) >= 11 is 0. The molecule has 1 N–H and O–H groups in total. The Balaban J connectivity index is 1.78. The highest BCUT2D eigenvalue weighted by Gasteiger charge is 2.19. The van der Waals surface area contributed by atoms with E-state index in [1.54, 1.807) is 56.7 Å². The van der Waals surface area contributed by atoms with Gasteiger partial charge in [0.25, 0.3) is 5.91 Å². The lowest BCUT2D eigenvalue weighted by Crippen LogP contribution is -2.17. The number of amides is 1. The van der Waals surface area contributed by atoms with Crippen molar-refractivity contribution < 1.29 is 18.7 Å². The van der Waals surface area contributed by atoms with Crippen molar-refractivity contribution in [3.05, 3.63) is 90.4 Å². The smallest absolute Gasteiger partial charge is 0.274 e. The monoisotopic (exact) mass is 417 g/mol. The molecule has 3 aromatic carbocycles. The summed E-state index contributed by atoms with van der Waals surface area (Å²) in [6.45, 7) is 0. The fourth-order valence-electron chi connectivity index (χ4n) is 3.14. The molecule has 0 spiro atoms. The van der Waals surface area contributed by atoms with E-state index in [4.69, 9.17) is 9.47 Å². The molecule has 0 saturated heterocycles. The second kappa shape index (κ2) is 8.71. The molecule has 4 rings (SSSR count). The zero-order valence-electron chi connectivity index (χ0n) is 17.0. The van der Waals surface area contributed by atoms with Gasteiger partial charge in [-0.2, -0.15) is 5.10 Å². The Hall–Kier alpha value is -4.13. The maximum Gasteiger partial charge on any atom is 0.274 e. The maximum absolute atomic E-state index is 14.1. The number of hydrogen-bond donors (Lipinski definition) is 1. The number of carbonyl (C=O) groups excluding carboxylic acids is 1. The van der Waals surface area contributed by atoms with Crippen LogP contribution >= 0.6 is 0 Å². The molecule has 0 aliphatic heterocycles. The minimum Gasteiger partial charge on any atom is -0.497 e. The van der Waals surface area contributed by atoms with Crippen molar-refractivity contribution in [1.29, 1.82) is 0 Å². The second-order valence-electron chi connectivity index (χ2n) is 6.69. The molecule has 0 radical (unpaired) electrons. The van der Waals surface area contributed by atoms with Gasteiger partial charge in [0, 0.05) is 5.56 Å². The van der Waals surface area contributed by atoms with E-state index in [1.165, 1.54) is 16.8 Å². The highest BCUT2D eigenvalue weighted by Crippen LogP contribution is 2.26. The molecular weight excluding hydrogens is 397 g/mol. The number of rotatable bonds is 6. The lowest BCUT2D eigenvalue weighted by molar-refractivity contribution is 0.101. The van der Waals surface area contributed by atoms with Crippen molar-refractivity contribution in [2.24, 2.45) is 0 Å². The summed E-state index contributed by atoms with van der Waals surface area (Å²) in [6, 6.07) is 22.2. The Kier molecular flexibility index (Phi) is 5.66. The first kappa shape index (κ1) is 20.2. The molecule has 1 aromatic heterocycles. The standard InChI is InChI=1S/C24H20FN3O3/c1-30-18-12-10-17(11-13-18)28-23(24(29)26-21-9-4-3-8-20(21)25)15-22(27-28)16-6-5-7-19(14-16)31-2/h3-15H,1-2H3,(H,26,29). The average molecular weight is 417 g/mol. The summed E-state index contributed by atoms with van der Waals surface area (Å²) in [5, 5.41) is 7.25. The van der Waals surface area contributed by atoms with Crippen LogP contribution in [0.2, 0.25) is 0 Å². The normalized spacial score (nSPS) is 10.5. The van der Waals surface area contributed by atoms with Crippen LogP contribution in [-0.2, 0) is 0 Å². The van der Waals surface area contributed by atoms with E-state index in [0.29, 0.717) is 22.9 Å². The number of halogens is 1. The number of hydrogen-bond acceptors (Lipinski definition) is 4. The van der Waals surface area contributed by atoms with Crippen LogP contribution in [0.1, 0.15) is 10.5 Å². The summed E-state index contributed by atoms with van der Waals surface area (Å²) in [5.74, 6) is 0.358. The number of para-hydroxylation sites is 1. The summed E-state index contributed by atoms with van der Waals surface area (Å²) in [5.41, 5.74) is 2.37. The molecule has 0 unspecified atom stereocenters. The Bertz CT molecular complexity index is 1220. The molecule has 0 aliphatic rings. The number of anilines is 1. The SMILES string of the molecule is COc1ccc(-n2nc(-c3cccc(OC)c3)cc2C(=O)Nc2ccccc2F)cc1. The number of methoxy groups -OCH3 is 2. The van der Waals surface area contributed by atoms with E-state index in [1.807, 2.05) is 24.3 Å². The number of nitrogens with zero attached hydrogens (tertiary/aromatic N) is 2. The fourth-order valence-corrected chi connectivity index (χ4v) is 3.14. The molecule has 6 nitrogen and oxygen atoms in total. The van der Waals surface area contributed by atoms with Gasteiger partial charge in [-0.05, 0) is 54.6 Å². The first-order valence-corrected chi connectivity index (χ1v) is 9.54. The van der Waals surface area contributed by atoms with Gasteiger partial charge in [0.2, 0.25) is 0 Å². The van der Waals surface area contributed by atoms with Gasteiger partial charge in [0.15, 0.2) is 0 Å². The summed E-state index contributed by atoms with van der Waals surface area (Å²) in [6.07, 6.45) is 0. The Morgan fingerprint density at radius 3 is 2.35 bits per heavy atom. The molecule has 7 heteroatoms. The first-order chi connectivity index (χ1) is 15.1. The van der Waals surface area contributed by atoms with Crippen molar-refractivity contribution in [2.75, 3.05) is 19.5 Å². The molecule has 0 bridgehead atoms. The van der Waals surface area contributed by atoms with Crippen LogP contribution < -0.4 is 14.8 Å². The van der Waals surface area contributed by atoms with Crippen LogP contribution in [0.25, 0.3) is 16.9 Å². The van der Waals surface area contributed by atoms with E-state index in [2.05, 4.69) is 10.4 Å². The second-order valence-corrected chi connectivity index (χ2v) is 6.69.